The highest BCUT2D eigenvalue weighted by atomic mass is 32.2. The van der Waals surface area contributed by atoms with E-state index < -0.39 is 10.0 Å². The van der Waals surface area contributed by atoms with Crippen molar-refractivity contribution >= 4 is 10.0 Å². The number of nitrogens with zero attached hydrogens (tertiary/aromatic N) is 2. The lowest BCUT2D eigenvalue weighted by atomic mass is 10.3. The second kappa shape index (κ2) is 7.15. The predicted octanol–water partition coefficient (Wildman–Crippen LogP) is 1.38. The molecule has 5 nitrogen and oxygen atoms in total. The molecule has 2 rings (SSSR count). The van der Waals surface area contributed by atoms with E-state index in [0.717, 1.165) is 18.5 Å². The minimum atomic E-state index is -3.17. The molecule has 1 heterocycles. The van der Waals surface area contributed by atoms with Crippen molar-refractivity contribution < 1.29 is 8.42 Å². The number of hydrogen-bond donors (Lipinski definition) is 1. The number of hydrogen-bond acceptors (Lipinski definition) is 4. The molecule has 0 amide bonds. The van der Waals surface area contributed by atoms with Gasteiger partial charge in [0.2, 0.25) is 10.0 Å². The summed E-state index contributed by atoms with van der Waals surface area (Å²) in [7, 11) is -1.54. The molecule has 0 unspecified atom stereocenters. The zero-order chi connectivity index (χ0) is 14.4. The Labute approximate surface area is 121 Å². The van der Waals surface area contributed by atoms with E-state index in [1.165, 1.54) is 17.1 Å². The SMILES string of the molecule is CN(Cc1cccnc1)S(=O)(=O)CCCCNC1CC1. The van der Waals surface area contributed by atoms with E-state index in [1.54, 1.807) is 19.4 Å². The van der Waals surface area contributed by atoms with Gasteiger partial charge in [-0.25, -0.2) is 12.7 Å². The van der Waals surface area contributed by atoms with E-state index in [0.29, 0.717) is 19.0 Å². The molecule has 0 spiro atoms. The van der Waals surface area contributed by atoms with Crippen LogP contribution >= 0.6 is 0 Å². The highest BCUT2D eigenvalue weighted by Gasteiger charge is 2.20. The van der Waals surface area contributed by atoms with Crippen molar-refractivity contribution in [3.8, 4) is 0 Å². The van der Waals surface area contributed by atoms with Crippen LogP contribution in [0.15, 0.2) is 24.5 Å². The summed E-state index contributed by atoms with van der Waals surface area (Å²) in [6, 6.07) is 4.40. The molecule has 0 radical (unpaired) electrons. The van der Waals surface area contributed by atoms with Gasteiger partial charge >= 0.3 is 0 Å². The van der Waals surface area contributed by atoms with Crippen LogP contribution in [0.2, 0.25) is 0 Å². The molecular formula is C14H23N3O2S. The van der Waals surface area contributed by atoms with Gasteiger partial charge in [-0.2, -0.15) is 0 Å². The summed E-state index contributed by atoms with van der Waals surface area (Å²) in [5, 5.41) is 3.40. The topological polar surface area (TPSA) is 62.3 Å². The van der Waals surface area contributed by atoms with Crippen molar-refractivity contribution in [2.45, 2.75) is 38.3 Å². The maximum absolute atomic E-state index is 12.1. The van der Waals surface area contributed by atoms with Crippen molar-refractivity contribution in [2.24, 2.45) is 0 Å². The van der Waals surface area contributed by atoms with Crippen molar-refractivity contribution in [2.75, 3.05) is 19.3 Å². The van der Waals surface area contributed by atoms with Crippen LogP contribution in [0.1, 0.15) is 31.2 Å². The minimum absolute atomic E-state index is 0.218. The summed E-state index contributed by atoms with van der Waals surface area (Å²) in [4.78, 5) is 4.00. The lowest BCUT2D eigenvalue weighted by Gasteiger charge is -2.17. The second-order valence-corrected chi connectivity index (χ2v) is 7.56. The Balaban J connectivity index is 1.70. The number of rotatable bonds is 9. The fourth-order valence-corrected chi connectivity index (χ4v) is 3.23. The normalized spacial score (nSPS) is 15.7. The maximum atomic E-state index is 12.1. The van der Waals surface area contributed by atoms with Crippen LogP contribution in [-0.2, 0) is 16.6 Å². The molecule has 1 aliphatic carbocycles. The molecule has 1 N–H and O–H groups in total. The van der Waals surface area contributed by atoms with Gasteiger partial charge in [0.1, 0.15) is 0 Å². The minimum Gasteiger partial charge on any atom is -0.314 e. The monoisotopic (exact) mass is 297 g/mol. The smallest absolute Gasteiger partial charge is 0.214 e. The van der Waals surface area contributed by atoms with Crippen LogP contribution in [0.5, 0.6) is 0 Å². The van der Waals surface area contributed by atoms with Gasteiger partial charge in [-0.1, -0.05) is 6.07 Å². The van der Waals surface area contributed by atoms with E-state index in [9.17, 15) is 8.42 Å². The van der Waals surface area contributed by atoms with Gasteiger partial charge < -0.3 is 5.32 Å². The molecular weight excluding hydrogens is 274 g/mol. The van der Waals surface area contributed by atoms with Gasteiger partial charge in [0.25, 0.3) is 0 Å². The summed E-state index contributed by atoms with van der Waals surface area (Å²) in [5.74, 6) is 0.218. The van der Waals surface area contributed by atoms with Crippen LogP contribution in [0.25, 0.3) is 0 Å². The van der Waals surface area contributed by atoms with Crippen molar-refractivity contribution in [1.82, 2.24) is 14.6 Å². The third-order valence-corrected chi connectivity index (χ3v) is 5.33. The lowest BCUT2D eigenvalue weighted by molar-refractivity contribution is 0.463. The largest absolute Gasteiger partial charge is 0.314 e. The number of sulfonamides is 1. The molecule has 20 heavy (non-hydrogen) atoms. The molecule has 1 aromatic rings. The number of aromatic nitrogens is 1. The summed E-state index contributed by atoms with van der Waals surface area (Å²) < 4.78 is 25.7. The van der Waals surface area contributed by atoms with Crippen molar-refractivity contribution in [1.29, 1.82) is 0 Å². The first-order valence-electron chi connectivity index (χ1n) is 7.14. The first-order chi connectivity index (χ1) is 9.58. The molecule has 0 atom stereocenters. The van der Waals surface area contributed by atoms with Crippen LogP contribution in [-0.4, -0.2) is 43.1 Å². The highest BCUT2D eigenvalue weighted by Crippen LogP contribution is 2.18. The first-order valence-corrected chi connectivity index (χ1v) is 8.75. The first kappa shape index (κ1) is 15.4. The molecule has 6 heteroatoms. The molecule has 1 saturated carbocycles. The zero-order valence-corrected chi connectivity index (χ0v) is 12.8. The maximum Gasteiger partial charge on any atom is 0.214 e. The third-order valence-electron chi connectivity index (χ3n) is 3.44. The van der Waals surface area contributed by atoms with E-state index in [4.69, 9.17) is 0 Å². The molecule has 0 aromatic carbocycles. The lowest BCUT2D eigenvalue weighted by Crippen LogP contribution is -2.29. The molecule has 1 aliphatic rings. The van der Waals surface area contributed by atoms with Crippen LogP contribution in [0.3, 0.4) is 0 Å². The molecule has 1 aromatic heterocycles. The van der Waals surface area contributed by atoms with Gasteiger partial charge in [-0.15, -0.1) is 0 Å². The molecule has 0 saturated heterocycles. The Kier molecular flexibility index (Phi) is 5.51. The van der Waals surface area contributed by atoms with Gasteiger partial charge in [0.15, 0.2) is 0 Å². The molecule has 1 fully saturated rings. The fraction of sp³-hybridized carbons (Fsp3) is 0.643. The van der Waals surface area contributed by atoms with Crippen LogP contribution < -0.4 is 5.32 Å². The van der Waals surface area contributed by atoms with Crippen molar-refractivity contribution in [3.05, 3.63) is 30.1 Å². The summed E-state index contributed by atoms with van der Waals surface area (Å²) in [5.41, 5.74) is 0.911. The Hall–Kier alpha value is -0.980. The summed E-state index contributed by atoms with van der Waals surface area (Å²) >= 11 is 0. The Morgan fingerprint density at radius 2 is 2.20 bits per heavy atom. The predicted molar refractivity (Wildman–Crippen MR) is 79.7 cm³/mol. The van der Waals surface area contributed by atoms with Gasteiger partial charge in [0.05, 0.1) is 5.75 Å². The van der Waals surface area contributed by atoms with Gasteiger partial charge in [0, 0.05) is 32.0 Å². The van der Waals surface area contributed by atoms with Gasteiger partial charge in [-0.05, 0) is 43.9 Å². The Bertz CT molecular complexity index is 500. The summed E-state index contributed by atoms with van der Waals surface area (Å²) in [6.07, 6.45) is 7.55. The third kappa shape index (κ3) is 5.19. The van der Waals surface area contributed by atoms with E-state index in [1.807, 2.05) is 12.1 Å². The average Bonchev–Trinajstić information content (AvgIpc) is 3.23. The Morgan fingerprint density at radius 1 is 1.40 bits per heavy atom. The number of pyridine rings is 1. The van der Waals surface area contributed by atoms with Gasteiger partial charge in [-0.3, -0.25) is 4.98 Å². The number of unbranched alkanes of at least 4 members (excludes halogenated alkanes) is 1. The number of nitrogens with one attached hydrogen (secondary N) is 1. The molecule has 112 valence electrons. The zero-order valence-electron chi connectivity index (χ0n) is 12.0. The van der Waals surface area contributed by atoms with Crippen LogP contribution in [0, 0.1) is 0 Å². The molecule has 0 aliphatic heterocycles. The van der Waals surface area contributed by atoms with Crippen LogP contribution in [0.4, 0.5) is 0 Å². The van der Waals surface area contributed by atoms with E-state index >= 15 is 0 Å². The molecule has 0 bridgehead atoms. The van der Waals surface area contributed by atoms with E-state index in [-0.39, 0.29) is 5.75 Å². The van der Waals surface area contributed by atoms with Crippen molar-refractivity contribution in [3.63, 3.8) is 0 Å². The second-order valence-electron chi connectivity index (χ2n) is 5.37. The Morgan fingerprint density at radius 3 is 2.85 bits per heavy atom. The quantitative estimate of drug-likeness (QED) is 0.699. The fourth-order valence-electron chi connectivity index (χ4n) is 2.01. The van der Waals surface area contributed by atoms with E-state index in [2.05, 4.69) is 10.3 Å². The highest BCUT2D eigenvalue weighted by molar-refractivity contribution is 7.89. The summed E-state index contributed by atoms with van der Waals surface area (Å²) in [6.45, 7) is 1.31. The average molecular weight is 297 g/mol. The standard InChI is InChI=1S/C14H23N3O2S/c1-17(12-13-5-4-8-15-11-13)20(18,19)10-3-2-9-16-14-6-7-14/h4-5,8,11,14,16H,2-3,6-7,9-10,12H2,1H3.